The lowest BCUT2D eigenvalue weighted by Gasteiger charge is -2.00. The summed E-state index contributed by atoms with van der Waals surface area (Å²) in [5.74, 6) is 0.633. The lowest BCUT2D eigenvalue weighted by Crippen LogP contribution is -2.03. The van der Waals surface area contributed by atoms with E-state index in [2.05, 4.69) is 5.10 Å². The topological polar surface area (TPSA) is 47.3 Å². The standard InChI is InChI=1S/C8H14N2O2/c1-3-7-6-10(2)9-8(7)12-5-4-11/h6,11H,3-5H2,1-2H3. The van der Waals surface area contributed by atoms with Gasteiger partial charge in [-0.1, -0.05) is 6.92 Å². The highest BCUT2D eigenvalue weighted by molar-refractivity contribution is 5.22. The monoisotopic (exact) mass is 170 g/mol. The van der Waals surface area contributed by atoms with E-state index < -0.39 is 0 Å². The number of hydrogen-bond donors (Lipinski definition) is 1. The second kappa shape index (κ2) is 4.11. The molecule has 0 spiro atoms. The Hall–Kier alpha value is -1.03. The largest absolute Gasteiger partial charge is 0.474 e. The van der Waals surface area contributed by atoms with E-state index in [9.17, 15) is 0 Å². The summed E-state index contributed by atoms with van der Waals surface area (Å²) in [6.07, 6.45) is 2.82. The van der Waals surface area contributed by atoms with E-state index in [0.29, 0.717) is 12.5 Å². The van der Waals surface area contributed by atoms with E-state index in [1.807, 2.05) is 20.2 Å². The van der Waals surface area contributed by atoms with Gasteiger partial charge in [-0.05, 0) is 6.42 Å². The summed E-state index contributed by atoms with van der Waals surface area (Å²) in [7, 11) is 1.85. The number of nitrogens with zero attached hydrogens (tertiary/aromatic N) is 2. The molecule has 0 aliphatic carbocycles. The van der Waals surface area contributed by atoms with Gasteiger partial charge < -0.3 is 9.84 Å². The molecule has 1 rings (SSSR count). The van der Waals surface area contributed by atoms with Crippen LogP contribution in [0.15, 0.2) is 6.20 Å². The summed E-state index contributed by atoms with van der Waals surface area (Å²) in [4.78, 5) is 0. The summed E-state index contributed by atoms with van der Waals surface area (Å²) < 4.78 is 6.93. The number of aromatic nitrogens is 2. The highest BCUT2D eigenvalue weighted by Gasteiger charge is 2.05. The Morgan fingerprint density at radius 3 is 3.00 bits per heavy atom. The molecule has 0 saturated carbocycles. The Kier molecular flexibility index (Phi) is 3.10. The van der Waals surface area contributed by atoms with Gasteiger partial charge in [0.25, 0.3) is 0 Å². The fourth-order valence-electron chi connectivity index (χ4n) is 1.02. The molecular formula is C8H14N2O2. The molecule has 0 atom stereocenters. The maximum Gasteiger partial charge on any atom is 0.236 e. The average molecular weight is 170 g/mol. The van der Waals surface area contributed by atoms with Crippen LogP contribution < -0.4 is 4.74 Å². The molecule has 0 amide bonds. The van der Waals surface area contributed by atoms with Gasteiger partial charge in [0.05, 0.1) is 6.61 Å². The van der Waals surface area contributed by atoms with Crippen LogP contribution in [0, 0.1) is 0 Å². The molecule has 4 heteroatoms. The van der Waals surface area contributed by atoms with Gasteiger partial charge in [-0.2, -0.15) is 0 Å². The quantitative estimate of drug-likeness (QED) is 0.709. The van der Waals surface area contributed by atoms with E-state index in [1.54, 1.807) is 4.68 Å². The first-order valence-corrected chi connectivity index (χ1v) is 4.04. The van der Waals surface area contributed by atoms with Gasteiger partial charge >= 0.3 is 0 Å². The maximum absolute atomic E-state index is 8.54. The summed E-state index contributed by atoms with van der Waals surface area (Å²) >= 11 is 0. The molecule has 0 unspecified atom stereocenters. The van der Waals surface area contributed by atoms with Crippen molar-refractivity contribution in [3.8, 4) is 5.88 Å². The van der Waals surface area contributed by atoms with E-state index in [-0.39, 0.29) is 6.61 Å². The molecule has 0 aliphatic heterocycles. The summed E-state index contributed by atoms with van der Waals surface area (Å²) in [6, 6.07) is 0. The maximum atomic E-state index is 8.54. The Morgan fingerprint density at radius 1 is 1.67 bits per heavy atom. The highest BCUT2D eigenvalue weighted by atomic mass is 16.5. The van der Waals surface area contributed by atoms with Crippen molar-refractivity contribution in [2.75, 3.05) is 13.2 Å². The van der Waals surface area contributed by atoms with Crippen molar-refractivity contribution in [3.63, 3.8) is 0 Å². The fraction of sp³-hybridized carbons (Fsp3) is 0.625. The first-order valence-electron chi connectivity index (χ1n) is 4.04. The molecule has 1 heterocycles. The smallest absolute Gasteiger partial charge is 0.236 e. The number of aryl methyl sites for hydroxylation is 2. The molecular weight excluding hydrogens is 156 g/mol. The van der Waals surface area contributed by atoms with E-state index in [0.717, 1.165) is 12.0 Å². The van der Waals surface area contributed by atoms with Crippen molar-refractivity contribution in [3.05, 3.63) is 11.8 Å². The molecule has 0 aliphatic rings. The van der Waals surface area contributed by atoms with Gasteiger partial charge in [0.15, 0.2) is 0 Å². The zero-order chi connectivity index (χ0) is 8.97. The molecule has 0 saturated heterocycles. The second-order valence-electron chi connectivity index (χ2n) is 2.56. The molecule has 1 aromatic heterocycles. The minimum atomic E-state index is 0.0275. The molecule has 0 aromatic carbocycles. The van der Waals surface area contributed by atoms with E-state index >= 15 is 0 Å². The van der Waals surface area contributed by atoms with E-state index in [1.165, 1.54) is 0 Å². The predicted molar refractivity (Wildman–Crippen MR) is 45.2 cm³/mol. The van der Waals surface area contributed by atoms with Crippen LogP contribution in [-0.2, 0) is 13.5 Å². The molecule has 0 bridgehead atoms. The van der Waals surface area contributed by atoms with Crippen LogP contribution in [0.5, 0.6) is 5.88 Å². The molecule has 0 radical (unpaired) electrons. The van der Waals surface area contributed by atoms with Gasteiger partial charge in [-0.15, -0.1) is 5.10 Å². The van der Waals surface area contributed by atoms with Crippen LogP contribution in [-0.4, -0.2) is 28.1 Å². The van der Waals surface area contributed by atoms with Crippen molar-refractivity contribution in [1.29, 1.82) is 0 Å². The number of rotatable bonds is 4. The van der Waals surface area contributed by atoms with Crippen LogP contribution in [0.1, 0.15) is 12.5 Å². The Bertz CT molecular complexity index is 245. The van der Waals surface area contributed by atoms with Crippen LogP contribution in [0.3, 0.4) is 0 Å². The average Bonchev–Trinajstić information content (AvgIpc) is 2.42. The van der Waals surface area contributed by atoms with Crippen molar-refractivity contribution in [2.45, 2.75) is 13.3 Å². The van der Waals surface area contributed by atoms with Gasteiger partial charge in [0.1, 0.15) is 6.61 Å². The third-order valence-corrected chi connectivity index (χ3v) is 1.58. The Labute approximate surface area is 71.8 Å². The lowest BCUT2D eigenvalue weighted by atomic mass is 10.3. The molecule has 0 fully saturated rings. The van der Waals surface area contributed by atoms with Gasteiger partial charge in [0.2, 0.25) is 5.88 Å². The minimum Gasteiger partial charge on any atom is -0.474 e. The van der Waals surface area contributed by atoms with Gasteiger partial charge in [0, 0.05) is 18.8 Å². The SMILES string of the molecule is CCc1cn(C)nc1OCCO. The van der Waals surface area contributed by atoms with Gasteiger partial charge in [-0.25, -0.2) is 0 Å². The molecule has 1 aromatic rings. The van der Waals surface area contributed by atoms with Gasteiger partial charge in [-0.3, -0.25) is 4.68 Å². The van der Waals surface area contributed by atoms with E-state index in [4.69, 9.17) is 9.84 Å². The highest BCUT2D eigenvalue weighted by Crippen LogP contribution is 2.15. The third kappa shape index (κ3) is 1.98. The summed E-state index contributed by atoms with van der Waals surface area (Å²) in [5, 5.41) is 12.6. The fourth-order valence-corrected chi connectivity index (χ4v) is 1.02. The lowest BCUT2D eigenvalue weighted by molar-refractivity contribution is 0.195. The Morgan fingerprint density at radius 2 is 2.42 bits per heavy atom. The molecule has 12 heavy (non-hydrogen) atoms. The number of aliphatic hydroxyl groups is 1. The minimum absolute atomic E-state index is 0.0275. The van der Waals surface area contributed by atoms with Crippen LogP contribution in [0.25, 0.3) is 0 Å². The summed E-state index contributed by atoms with van der Waals surface area (Å²) in [5.41, 5.74) is 1.07. The normalized spacial score (nSPS) is 10.2. The summed E-state index contributed by atoms with van der Waals surface area (Å²) in [6.45, 7) is 2.38. The number of aliphatic hydroxyl groups excluding tert-OH is 1. The third-order valence-electron chi connectivity index (χ3n) is 1.58. The molecule has 1 N–H and O–H groups in total. The van der Waals surface area contributed by atoms with Crippen LogP contribution in [0.4, 0.5) is 0 Å². The Balaban J connectivity index is 2.68. The molecule has 4 nitrogen and oxygen atoms in total. The van der Waals surface area contributed by atoms with Crippen LogP contribution in [0.2, 0.25) is 0 Å². The zero-order valence-corrected chi connectivity index (χ0v) is 7.45. The number of hydrogen-bond acceptors (Lipinski definition) is 3. The van der Waals surface area contributed by atoms with Crippen molar-refractivity contribution < 1.29 is 9.84 Å². The first-order chi connectivity index (χ1) is 5.77. The van der Waals surface area contributed by atoms with Crippen molar-refractivity contribution in [1.82, 2.24) is 9.78 Å². The molecule has 68 valence electrons. The van der Waals surface area contributed by atoms with Crippen molar-refractivity contribution >= 4 is 0 Å². The first kappa shape index (κ1) is 9.06. The predicted octanol–water partition coefficient (Wildman–Crippen LogP) is 0.354. The van der Waals surface area contributed by atoms with Crippen molar-refractivity contribution in [2.24, 2.45) is 7.05 Å². The zero-order valence-electron chi connectivity index (χ0n) is 7.45. The second-order valence-corrected chi connectivity index (χ2v) is 2.56. The van der Waals surface area contributed by atoms with Crippen LogP contribution >= 0.6 is 0 Å². The number of ether oxygens (including phenoxy) is 1.